The van der Waals surface area contributed by atoms with E-state index in [2.05, 4.69) is 17.2 Å². The first-order valence-electron chi connectivity index (χ1n) is 3.98. The fourth-order valence-corrected chi connectivity index (χ4v) is 1.52. The Hall–Kier alpha value is -0.120. The molecule has 0 aliphatic carbocycles. The number of hydrogen-bond donors (Lipinski definition) is 1. The summed E-state index contributed by atoms with van der Waals surface area (Å²) in [5.74, 6) is 1.25. The first-order chi connectivity index (χ1) is 5.83. The predicted octanol–water partition coefficient (Wildman–Crippen LogP) is 2.11. The van der Waals surface area contributed by atoms with Crippen molar-refractivity contribution >= 4 is 22.9 Å². The van der Waals surface area contributed by atoms with E-state index >= 15 is 0 Å². The minimum atomic E-state index is 0.534. The average Bonchev–Trinajstić information content (AvgIpc) is 2.57. The molecule has 1 unspecified atom stereocenters. The number of alkyl halides is 1. The Balaban J connectivity index is 2.11. The number of aromatic nitrogens is 1. The van der Waals surface area contributed by atoms with Crippen molar-refractivity contribution < 1.29 is 0 Å². The molecule has 2 nitrogen and oxygen atoms in total. The Kier molecular flexibility index (Phi) is 4.58. The van der Waals surface area contributed by atoms with Gasteiger partial charge in [-0.1, -0.05) is 6.92 Å². The molecule has 0 radical (unpaired) electrons. The Morgan fingerprint density at radius 1 is 1.75 bits per heavy atom. The molecule has 12 heavy (non-hydrogen) atoms. The van der Waals surface area contributed by atoms with Crippen molar-refractivity contribution in [1.29, 1.82) is 0 Å². The molecular formula is C8H13ClN2S. The van der Waals surface area contributed by atoms with E-state index in [1.807, 2.05) is 11.6 Å². The normalized spacial score (nSPS) is 13.2. The zero-order valence-electron chi connectivity index (χ0n) is 7.09. The van der Waals surface area contributed by atoms with Gasteiger partial charge >= 0.3 is 0 Å². The summed E-state index contributed by atoms with van der Waals surface area (Å²) in [5, 5.41) is 6.43. The first-order valence-corrected chi connectivity index (χ1v) is 5.39. The zero-order valence-corrected chi connectivity index (χ0v) is 8.66. The summed E-state index contributed by atoms with van der Waals surface area (Å²) in [7, 11) is 0. The Bertz CT molecular complexity index is 201. The topological polar surface area (TPSA) is 24.9 Å². The first kappa shape index (κ1) is 9.96. The fourth-order valence-electron chi connectivity index (χ4n) is 0.820. The van der Waals surface area contributed by atoms with Crippen LogP contribution >= 0.6 is 22.9 Å². The van der Waals surface area contributed by atoms with Crippen LogP contribution in [0.3, 0.4) is 0 Å². The second-order valence-corrected chi connectivity index (χ2v) is 4.10. The number of hydrogen-bond acceptors (Lipinski definition) is 3. The van der Waals surface area contributed by atoms with E-state index in [-0.39, 0.29) is 0 Å². The molecule has 68 valence electrons. The lowest BCUT2D eigenvalue weighted by atomic mass is 10.2. The monoisotopic (exact) mass is 204 g/mol. The van der Waals surface area contributed by atoms with Gasteiger partial charge in [-0.3, -0.25) is 0 Å². The minimum Gasteiger partial charge on any atom is -0.310 e. The third-order valence-electron chi connectivity index (χ3n) is 1.52. The number of rotatable bonds is 5. The average molecular weight is 205 g/mol. The van der Waals surface area contributed by atoms with Gasteiger partial charge in [0.2, 0.25) is 0 Å². The van der Waals surface area contributed by atoms with E-state index in [1.165, 1.54) is 0 Å². The van der Waals surface area contributed by atoms with Crippen molar-refractivity contribution in [2.75, 3.05) is 12.4 Å². The molecule has 0 aliphatic rings. The van der Waals surface area contributed by atoms with Crippen LogP contribution in [0.1, 0.15) is 11.9 Å². The Morgan fingerprint density at radius 3 is 3.17 bits per heavy atom. The molecule has 0 saturated heterocycles. The van der Waals surface area contributed by atoms with Crippen LogP contribution in [0.4, 0.5) is 0 Å². The smallest absolute Gasteiger partial charge is 0.106 e. The van der Waals surface area contributed by atoms with Gasteiger partial charge in [0.25, 0.3) is 0 Å². The third-order valence-corrected chi connectivity index (χ3v) is 2.82. The molecule has 0 aromatic carbocycles. The highest BCUT2D eigenvalue weighted by molar-refractivity contribution is 7.09. The van der Waals surface area contributed by atoms with E-state index in [0.717, 1.165) is 18.1 Å². The lowest BCUT2D eigenvalue weighted by Crippen LogP contribution is -2.21. The van der Waals surface area contributed by atoms with Crippen LogP contribution in [-0.2, 0) is 6.54 Å². The van der Waals surface area contributed by atoms with Crippen LogP contribution in [0.5, 0.6) is 0 Å². The number of nitrogens with zero attached hydrogens (tertiary/aromatic N) is 1. The summed E-state index contributed by atoms with van der Waals surface area (Å²) >= 11 is 7.34. The minimum absolute atomic E-state index is 0.534. The van der Waals surface area contributed by atoms with E-state index in [0.29, 0.717) is 11.8 Å². The molecule has 1 rings (SSSR count). The highest BCUT2D eigenvalue weighted by atomic mass is 35.5. The Labute approximate surface area is 82.0 Å². The summed E-state index contributed by atoms with van der Waals surface area (Å²) in [6.45, 7) is 3.95. The summed E-state index contributed by atoms with van der Waals surface area (Å²) in [6.07, 6.45) is 1.83. The van der Waals surface area contributed by atoms with Crippen LogP contribution in [-0.4, -0.2) is 17.4 Å². The summed E-state index contributed by atoms with van der Waals surface area (Å²) in [5.41, 5.74) is 0. The summed E-state index contributed by atoms with van der Waals surface area (Å²) in [6, 6.07) is 0. The van der Waals surface area contributed by atoms with Crippen LogP contribution in [0.2, 0.25) is 0 Å². The Morgan fingerprint density at radius 2 is 2.58 bits per heavy atom. The fraction of sp³-hybridized carbons (Fsp3) is 0.625. The molecule has 1 heterocycles. The largest absolute Gasteiger partial charge is 0.310 e. The van der Waals surface area contributed by atoms with Crippen molar-refractivity contribution in [2.24, 2.45) is 5.92 Å². The molecule has 0 aliphatic heterocycles. The number of thiazole rings is 1. The van der Waals surface area contributed by atoms with E-state index in [4.69, 9.17) is 11.6 Å². The molecule has 1 atom stereocenters. The molecular weight excluding hydrogens is 192 g/mol. The van der Waals surface area contributed by atoms with Gasteiger partial charge in [-0.15, -0.1) is 22.9 Å². The van der Waals surface area contributed by atoms with Gasteiger partial charge in [0.1, 0.15) is 5.01 Å². The molecule has 4 heteroatoms. The van der Waals surface area contributed by atoms with Gasteiger partial charge in [-0.05, 0) is 12.5 Å². The van der Waals surface area contributed by atoms with E-state index in [1.54, 1.807) is 11.3 Å². The summed E-state index contributed by atoms with van der Waals surface area (Å²) in [4.78, 5) is 4.16. The van der Waals surface area contributed by atoms with Crippen molar-refractivity contribution in [3.8, 4) is 0 Å². The van der Waals surface area contributed by atoms with Crippen molar-refractivity contribution in [3.05, 3.63) is 16.6 Å². The van der Waals surface area contributed by atoms with Gasteiger partial charge in [-0.25, -0.2) is 4.98 Å². The van der Waals surface area contributed by atoms with Gasteiger partial charge in [-0.2, -0.15) is 0 Å². The molecule has 0 fully saturated rings. The maximum Gasteiger partial charge on any atom is 0.106 e. The van der Waals surface area contributed by atoms with Crippen LogP contribution < -0.4 is 5.32 Å². The molecule has 1 aromatic rings. The molecule has 0 bridgehead atoms. The van der Waals surface area contributed by atoms with Crippen LogP contribution in [0.15, 0.2) is 11.6 Å². The highest BCUT2D eigenvalue weighted by Crippen LogP contribution is 2.03. The van der Waals surface area contributed by atoms with Gasteiger partial charge < -0.3 is 5.32 Å². The van der Waals surface area contributed by atoms with Crippen molar-refractivity contribution in [2.45, 2.75) is 13.5 Å². The maximum atomic E-state index is 5.66. The second kappa shape index (κ2) is 5.51. The molecule has 1 aromatic heterocycles. The SMILES string of the molecule is CC(CCl)CNCc1nccs1. The molecule has 0 amide bonds. The quantitative estimate of drug-likeness (QED) is 0.744. The van der Waals surface area contributed by atoms with Gasteiger partial charge in [0.05, 0.1) is 0 Å². The molecule has 1 N–H and O–H groups in total. The predicted molar refractivity (Wildman–Crippen MR) is 53.7 cm³/mol. The van der Waals surface area contributed by atoms with Crippen molar-refractivity contribution in [1.82, 2.24) is 10.3 Å². The van der Waals surface area contributed by atoms with Gasteiger partial charge in [0, 0.05) is 24.0 Å². The van der Waals surface area contributed by atoms with Crippen molar-refractivity contribution in [3.63, 3.8) is 0 Å². The zero-order chi connectivity index (χ0) is 8.81. The highest BCUT2D eigenvalue weighted by Gasteiger charge is 1.99. The summed E-state index contributed by atoms with van der Waals surface area (Å²) < 4.78 is 0. The van der Waals surface area contributed by atoms with Crippen LogP contribution in [0, 0.1) is 5.92 Å². The number of halogens is 1. The maximum absolute atomic E-state index is 5.66. The van der Waals surface area contributed by atoms with Gasteiger partial charge in [0.15, 0.2) is 0 Å². The standard InChI is InChI=1S/C8H13ClN2S/c1-7(4-9)5-10-6-8-11-2-3-12-8/h2-3,7,10H,4-6H2,1H3. The lowest BCUT2D eigenvalue weighted by molar-refractivity contribution is 0.556. The second-order valence-electron chi connectivity index (χ2n) is 2.82. The number of nitrogens with one attached hydrogen (secondary N) is 1. The lowest BCUT2D eigenvalue weighted by Gasteiger charge is -2.06. The third kappa shape index (κ3) is 3.52. The molecule has 0 spiro atoms. The van der Waals surface area contributed by atoms with E-state index < -0.39 is 0 Å². The van der Waals surface area contributed by atoms with Crippen LogP contribution in [0.25, 0.3) is 0 Å². The van der Waals surface area contributed by atoms with E-state index in [9.17, 15) is 0 Å². The molecule has 0 saturated carbocycles.